The van der Waals surface area contributed by atoms with Gasteiger partial charge < -0.3 is 6.92 Å². The largest absolute Gasteiger partial charge is 0.346 e. The van der Waals surface area contributed by atoms with Crippen LogP contribution in [0.1, 0.15) is 78.2 Å². The van der Waals surface area contributed by atoms with Crippen LogP contribution in [-0.4, -0.2) is 14.2 Å². The zero-order valence-corrected chi connectivity index (χ0v) is 25.2. The molecule has 0 aliphatic rings. The molecule has 4 nitrogen and oxygen atoms in total. The molecule has 0 fully saturated rings. The van der Waals surface area contributed by atoms with E-state index in [1.54, 1.807) is 73.7 Å². The third kappa shape index (κ3) is 15.3. The van der Waals surface area contributed by atoms with E-state index in [2.05, 4.69) is 11.6 Å². The summed E-state index contributed by atoms with van der Waals surface area (Å²) in [5.41, 5.74) is 1.07. The van der Waals surface area contributed by atoms with Gasteiger partial charge in [0, 0.05) is 58.1 Å². The number of benzene rings is 3. The molecule has 1 N–H and O–H groups in total. The van der Waals surface area contributed by atoms with Gasteiger partial charge in [-0.3, -0.25) is 9.52 Å². The Balaban J connectivity index is -0.000000390. The van der Waals surface area contributed by atoms with E-state index in [-0.39, 0.29) is 63.3 Å². The van der Waals surface area contributed by atoms with Gasteiger partial charge in [-0.15, -0.1) is 0 Å². The van der Waals surface area contributed by atoms with Crippen LogP contribution in [0.3, 0.4) is 0 Å². The first kappa shape index (κ1) is 40.8. The summed E-state index contributed by atoms with van der Waals surface area (Å²) < 4.78 is 27.5. The summed E-state index contributed by atoms with van der Waals surface area (Å²) in [7, 11) is -3.75. The fourth-order valence-electron chi connectivity index (χ4n) is 2.32. The van der Waals surface area contributed by atoms with Crippen LogP contribution in [0.4, 0.5) is 5.69 Å². The Morgan fingerprint density at radius 1 is 0.629 bits per heavy atom. The van der Waals surface area contributed by atoms with Crippen LogP contribution in [0.5, 0.6) is 0 Å². The molecule has 204 valence electrons. The van der Waals surface area contributed by atoms with Crippen molar-refractivity contribution in [2.75, 3.05) is 4.72 Å². The van der Waals surface area contributed by atoms with Crippen molar-refractivity contribution in [1.82, 2.24) is 0 Å². The summed E-state index contributed by atoms with van der Waals surface area (Å²) >= 11 is 0. The molecule has 0 saturated carbocycles. The number of para-hydroxylation sites is 1. The number of ketones is 1. The second kappa shape index (κ2) is 27.2. The van der Waals surface area contributed by atoms with Crippen LogP contribution >= 0.6 is 0 Å². The number of nitrogens with one attached hydrogen (secondary N) is 1. The van der Waals surface area contributed by atoms with E-state index >= 15 is 0 Å². The molecule has 0 aromatic heterocycles. The molecule has 0 radical (unpaired) electrons. The molecule has 0 heterocycles. The van der Waals surface area contributed by atoms with E-state index in [0.717, 1.165) is 0 Å². The number of hydrogen-bond acceptors (Lipinski definition) is 3. The normalized spacial score (nSPS) is 8.40. The summed E-state index contributed by atoms with van der Waals surface area (Å²) in [5.74, 6) is -0.234. The van der Waals surface area contributed by atoms with E-state index in [1.807, 2.05) is 61.5 Å². The Hall–Kier alpha value is -1.40. The van der Waals surface area contributed by atoms with Gasteiger partial charge >= 0.3 is 0 Å². The van der Waals surface area contributed by atoms with Gasteiger partial charge in [-0.25, -0.2) is 8.42 Å². The number of hydrogen-bond donors (Lipinski definition) is 1. The van der Waals surface area contributed by atoms with Gasteiger partial charge in [0.2, 0.25) is 0 Å². The summed E-state index contributed by atoms with van der Waals surface area (Å²) in [6.07, 6.45) is 0. The maximum Gasteiger partial charge on any atom is 0.261 e. The second-order valence-electron chi connectivity index (χ2n) is 5.16. The molecular weight excluding hydrogens is 615 g/mol. The van der Waals surface area contributed by atoms with Crippen LogP contribution in [0.25, 0.3) is 0 Å². The quantitative estimate of drug-likeness (QED) is 0.220. The van der Waals surface area contributed by atoms with Gasteiger partial charge in [0.15, 0.2) is 5.78 Å². The van der Waals surface area contributed by atoms with Gasteiger partial charge in [0.05, 0.1) is 10.6 Å². The summed E-state index contributed by atoms with van der Waals surface area (Å²) in [4.78, 5) is 12.8. The molecule has 0 saturated heterocycles. The van der Waals surface area contributed by atoms with Crippen molar-refractivity contribution in [3.05, 3.63) is 103 Å². The number of anilines is 1. The molecule has 0 bridgehead atoms. The van der Waals surface area contributed by atoms with Crippen LogP contribution in [0, 0.1) is 53.8 Å². The predicted octanol–water partition coefficient (Wildman–Crippen LogP) is 8.66. The Labute approximate surface area is 254 Å². The molecule has 0 spiro atoms. The Morgan fingerprint density at radius 2 is 1.00 bits per heavy atom. The maximum atomic E-state index is 12.7. The Bertz CT molecular complexity index is 961. The van der Waals surface area contributed by atoms with Gasteiger partial charge in [0.25, 0.3) is 10.0 Å². The molecule has 0 unspecified atom stereocenters. The predicted molar refractivity (Wildman–Crippen MR) is 150 cm³/mol. The van der Waals surface area contributed by atoms with Crippen molar-refractivity contribution in [3.8, 4) is 0 Å². The molecule has 0 aliphatic carbocycles. The number of sulfonamides is 1. The monoisotopic (exact) mass is 660 g/mol. The SMILES string of the molecule is CC.CC.CC.CC.O=C(c1ccccc1)c1ccccc1NS(=O)(=O)c1ccccc1.[CH2-]C.[Yb]. The van der Waals surface area contributed by atoms with E-state index in [9.17, 15) is 13.2 Å². The Morgan fingerprint density at radius 3 is 1.46 bits per heavy atom. The van der Waals surface area contributed by atoms with Gasteiger partial charge in [-0.2, -0.15) is 6.92 Å². The van der Waals surface area contributed by atoms with E-state index < -0.39 is 10.0 Å². The average molecular weight is 660 g/mol. The van der Waals surface area contributed by atoms with Gasteiger partial charge in [-0.1, -0.05) is 116 Å². The topological polar surface area (TPSA) is 63.2 Å². The first-order valence-corrected chi connectivity index (χ1v) is 13.5. The minimum Gasteiger partial charge on any atom is -0.346 e. The summed E-state index contributed by atoms with van der Waals surface area (Å²) in [6, 6.07) is 23.4. The van der Waals surface area contributed by atoms with Gasteiger partial charge in [-0.05, 0) is 24.3 Å². The van der Waals surface area contributed by atoms with Crippen molar-refractivity contribution >= 4 is 21.5 Å². The smallest absolute Gasteiger partial charge is 0.261 e. The minimum absolute atomic E-state index is 0. The fourth-order valence-corrected chi connectivity index (χ4v) is 3.42. The van der Waals surface area contributed by atoms with Crippen LogP contribution in [0.2, 0.25) is 0 Å². The molecule has 6 heteroatoms. The third-order valence-corrected chi connectivity index (χ3v) is 4.89. The van der Waals surface area contributed by atoms with E-state index in [0.29, 0.717) is 11.1 Å². The van der Waals surface area contributed by atoms with Crippen molar-refractivity contribution < 1.29 is 60.1 Å². The van der Waals surface area contributed by atoms with E-state index in [4.69, 9.17) is 0 Å². The maximum absolute atomic E-state index is 12.7. The molecule has 0 aliphatic heterocycles. The molecule has 35 heavy (non-hydrogen) atoms. The molecule has 3 aromatic carbocycles. The van der Waals surface area contributed by atoms with Crippen molar-refractivity contribution in [3.63, 3.8) is 0 Å². The fraction of sp³-hybridized carbons (Fsp3) is 0.310. The molecule has 3 aromatic rings. The number of carbonyl (C=O) groups excluding carboxylic acids is 1. The number of rotatable bonds is 5. The Kier molecular flexibility index (Phi) is 31.7. The first-order chi connectivity index (χ1) is 16.6. The van der Waals surface area contributed by atoms with Crippen LogP contribution in [-0.2, 0) is 10.0 Å². The third-order valence-electron chi connectivity index (χ3n) is 3.51. The van der Waals surface area contributed by atoms with Crippen molar-refractivity contribution in [2.45, 2.75) is 67.2 Å². The van der Waals surface area contributed by atoms with Gasteiger partial charge in [0.1, 0.15) is 0 Å². The van der Waals surface area contributed by atoms with Crippen molar-refractivity contribution in [2.24, 2.45) is 0 Å². The zero-order chi connectivity index (χ0) is 27.0. The van der Waals surface area contributed by atoms with Crippen LogP contribution < -0.4 is 4.72 Å². The van der Waals surface area contributed by atoms with E-state index in [1.165, 1.54) is 12.1 Å². The first-order valence-electron chi connectivity index (χ1n) is 12.1. The standard InChI is InChI=1S/C19H15NO3S.4C2H6.C2H5.Yb/c21-19(15-9-3-1-4-10-15)17-13-7-8-14-18(17)20-24(22,23)16-11-5-2-6-12-16;5*1-2;/h1-14,20H;4*1-2H3;1H2,2H3;/q;;;;;-1;. The zero-order valence-electron chi connectivity index (χ0n) is 22.7. The van der Waals surface area contributed by atoms with Crippen molar-refractivity contribution in [1.29, 1.82) is 0 Å². The molecular formula is C29H44NO3SYb-. The molecule has 0 atom stereocenters. The average Bonchev–Trinajstić information content (AvgIpc) is 2.95. The summed E-state index contributed by atoms with van der Waals surface area (Å²) in [6.45, 7) is 21.0. The molecule has 3 rings (SSSR count). The number of carbonyl (C=O) groups is 1. The summed E-state index contributed by atoms with van der Waals surface area (Å²) in [5, 5.41) is 0. The second-order valence-corrected chi connectivity index (χ2v) is 6.84. The minimum atomic E-state index is -3.75. The van der Waals surface area contributed by atoms with Crippen LogP contribution in [0.15, 0.2) is 89.8 Å². The molecule has 0 amide bonds.